The molecule has 1 heterocycles. The molecule has 2 rings (SSSR count). The third-order valence-corrected chi connectivity index (χ3v) is 5.01. The Hall–Kier alpha value is -0.610. The fourth-order valence-electron chi connectivity index (χ4n) is 3.34. The van der Waals surface area contributed by atoms with E-state index in [2.05, 4.69) is 4.74 Å². The molecule has 1 saturated carbocycles. The van der Waals surface area contributed by atoms with Crippen LogP contribution in [0.5, 0.6) is 0 Å². The monoisotopic (exact) mass is 408 g/mol. The lowest BCUT2D eigenvalue weighted by molar-refractivity contribution is -0.443. The summed E-state index contributed by atoms with van der Waals surface area (Å²) in [6.45, 7) is -1.75. The first-order valence-corrected chi connectivity index (χ1v) is 8.13. The molecule has 1 aliphatic carbocycles. The molecule has 13 heteroatoms. The highest BCUT2D eigenvalue weighted by molar-refractivity contribution is 5.02. The van der Waals surface area contributed by atoms with Crippen LogP contribution in [0.15, 0.2) is 0 Å². The molecule has 10 unspecified atom stereocenters. The van der Waals surface area contributed by atoms with Crippen molar-refractivity contribution in [1.82, 2.24) is 0 Å². The lowest BCUT2D eigenvalue weighted by atomic mass is 9.81. The molecule has 0 spiro atoms. The summed E-state index contributed by atoms with van der Waals surface area (Å²) in [4.78, 5) is 0. The Bertz CT molecular complexity index is 504. The normalized spacial score (nSPS) is 49.2. The molecule has 1 aliphatic heterocycles. The summed E-state index contributed by atoms with van der Waals surface area (Å²) in [5.74, 6) is -5.10. The second kappa shape index (κ2) is 8.02. The summed E-state index contributed by atoms with van der Waals surface area (Å²) in [6.07, 6.45) is -21.2. The third-order valence-electron chi connectivity index (χ3n) is 5.01. The van der Waals surface area contributed by atoms with Crippen molar-refractivity contribution in [2.45, 2.75) is 67.2 Å². The SMILES string of the molecule is OCC1CC(OC2C(CO)OC(O)(C(F)(F)F)C(O)C2O)C(O)C(O)C1O. The highest BCUT2D eigenvalue weighted by atomic mass is 19.4. The zero-order chi connectivity index (χ0) is 20.7. The molecule has 8 N–H and O–H groups in total. The van der Waals surface area contributed by atoms with Crippen molar-refractivity contribution >= 4 is 0 Å². The van der Waals surface area contributed by atoms with E-state index in [1.807, 2.05) is 0 Å². The zero-order valence-electron chi connectivity index (χ0n) is 13.8. The maximum absolute atomic E-state index is 13.0. The van der Waals surface area contributed by atoms with Crippen LogP contribution in [0, 0.1) is 5.92 Å². The van der Waals surface area contributed by atoms with Gasteiger partial charge in [0.25, 0.3) is 5.79 Å². The Kier molecular flexibility index (Phi) is 6.74. The van der Waals surface area contributed by atoms with Gasteiger partial charge in [0, 0.05) is 12.5 Å². The number of halogens is 3. The Labute approximate surface area is 151 Å². The van der Waals surface area contributed by atoms with Crippen molar-refractivity contribution in [3.8, 4) is 0 Å². The Morgan fingerprint density at radius 1 is 0.926 bits per heavy atom. The number of aliphatic hydroxyl groups is 8. The summed E-state index contributed by atoms with van der Waals surface area (Å²) in [5.41, 5.74) is 0. The van der Waals surface area contributed by atoms with Crippen molar-refractivity contribution in [3.05, 3.63) is 0 Å². The largest absolute Gasteiger partial charge is 0.446 e. The van der Waals surface area contributed by atoms with E-state index in [4.69, 9.17) is 4.74 Å². The Morgan fingerprint density at radius 2 is 1.52 bits per heavy atom. The summed E-state index contributed by atoms with van der Waals surface area (Å²) >= 11 is 0. The molecule has 2 fully saturated rings. The van der Waals surface area contributed by atoms with E-state index in [-0.39, 0.29) is 6.42 Å². The molecule has 0 bridgehead atoms. The standard InChI is InChI=1S/C14H23F3O10/c15-14(16,17)13(25)12(24)10(23)11(6(3-19)27-13)26-5-1-4(2-18)7(20)9(22)8(5)21/h4-12,18-25H,1-3H2. The maximum Gasteiger partial charge on any atom is 0.446 e. The first-order valence-electron chi connectivity index (χ1n) is 8.13. The van der Waals surface area contributed by atoms with Crippen LogP contribution in [0.2, 0.25) is 0 Å². The van der Waals surface area contributed by atoms with Crippen LogP contribution in [0.3, 0.4) is 0 Å². The number of aliphatic hydroxyl groups excluding tert-OH is 7. The molecule has 0 aromatic rings. The molecule has 1 saturated heterocycles. The van der Waals surface area contributed by atoms with Gasteiger partial charge >= 0.3 is 6.18 Å². The quantitative estimate of drug-likeness (QED) is 0.230. The second-order valence-corrected chi connectivity index (χ2v) is 6.76. The van der Waals surface area contributed by atoms with Crippen molar-refractivity contribution in [2.75, 3.05) is 13.2 Å². The van der Waals surface area contributed by atoms with Crippen LogP contribution < -0.4 is 0 Å². The van der Waals surface area contributed by atoms with Gasteiger partial charge in [0.15, 0.2) is 0 Å². The van der Waals surface area contributed by atoms with E-state index < -0.39 is 79.9 Å². The number of alkyl halides is 3. The average molecular weight is 408 g/mol. The van der Waals surface area contributed by atoms with Crippen molar-refractivity contribution in [3.63, 3.8) is 0 Å². The number of hydrogen-bond acceptors (Lipinski definition) is 10. The minimum absolute atomic E-state index is 0.253. The van der Waals surface area contributed by atoms with Crippen LogP contribution >= 0.6 is 0 Å². The molecule has 0 amide bonds. The highest BCUT2D eigenvalue weighted by Gasteiger charge is 2.67. The fourth-order valence-corrected chi connectivity index (χ4v) is 3.34. The van der Waals surface area contributed by atoms with E-state index in [1.54, 1.807) is 0 Å². The zero-order valence-corrected chi connectivity index (χ0v) is 13.8. The fraction of sp³-hybridized carbons (Fsp3) is 1.00. The van der Waals surface area contributed by atoms with Crippen LogP contribution in [-0.4, -0.2) is 115 Å². The molecule has 10 nitrogen and oxygen atoms in total. The molecular weight excluding hydrogens is 385 g/mol. The third kappa shape index (κ3) is 3.94. The van der Waals surface area contributed by atoms with Gasteiger partial charge in [-0.05, 0) is 6.42 Å². The van der Waals surface area contributed by atoms with Gasteiger partial charge in [-0.25, -0.2) is 0 Å². The second-order valence-electron chi connectivity index (χ2n) is 6.76. The lowest BCUT2D eigenvalue weighted by Gasteiger charge is -2.49. The van der Waals surface area contributed by atoms with Crippen molar-refractivity contribution < 1.29 is 63.5 Å². The first-order chi connectivity index (χ1) is 12.4. The first kappa shape index (κ1) is 22.7. The molecule has 0 radical (unpaired) electrons. The molecular formula is C14H23F3O10. The van der Waals surface area contributed by atoms with Gasteiger partial charge in [0.05, 0.1) is 18.8 Å². The van der Waals surface area contributed by atoms with Gasteiger partial charge in [-0.2, -0.15) is 13.2 Å². The molecule has 0 aromatic carbocycles. The smallest absolute Gasteiger partial charge is 0.396 e. The van der Waals surface area contributed by atoms with Crippen LogP contribution in [0.4, 0.5) is 13.2 Å². The van der Waals surface area contributed by atoms with E-state index in [1.165, 1.54) is 0 Å². The Morgan fingerprint density at radius 3 is 2.00 bits per heavy atom. The van der Waals surface area contributed by atoms with Gasteiger partial charge in [0.1, 0.15) is 36.6 Å². The maximum atomic E-state index is 13.0. The van der Waals surface area contributed by atoms with E-state index in [9.17, 15) is 54.0 Å². The van der Waals surface area contributed by atoms with Crippen LogP contribution in [0.25, 0.3) is 0 Å². The molecule has 2 aliphatic rings. The topological polar surface area (TPSA) is 180 Å². The van der Waals surface area contributed by atoms with Gasteiger partial charge in [-0.15, -0.1) is 0 Å². The predicted molar refractivity (Wildman–Crippen MR) is 76.9 cm³/mol. The average Bonchev–Trinajstić information content (AvgIpc) is 2.60. The van der Waals surface area contributed by atoms with E-state index in [0.717, 1.165) is 0 Å². The molecule has 10 atom stereocenters. The molecule has 160 valence electrons. The van der Waals surface area contributed by atoms with Gasteiger partial charge < -0.3 is 50.3 Å². The predicted octanol–water partition coefficient (Wildman–Crippen LogP) is -3.80. The van der Waals surface area contributed by atoms with Crippen LogP contribution in [0.1, 0.15) is 6.42 Å². The highest BCUT2D eigenvalue weighted by Crippen LogP contribution is 2.42. The van der Waals surface area contributed by atoms with E-state index >= 15 is 0 Å². The molecule has 27 heavy (non-hydrogen) atoms. The van der Waals surface area contributed by atoms with Crippen molar-refractivity contribution in [1.29, 1.82) is 0 Å². The lowest BCUT2D eigenvalue weighted by Crippen LogP contribution is -2.71. The minimum atomic E-state index is -5.50. The minimum Gasteiger partial charge on any atom is -0.396 e. The summed E-state index contributed by atoms with van der Waals surface area (Å²) in [6, 6.07) is 0. The number of ether oxygens (including phenoxy) is 2. The van der Waals surface area contributed by atoms with Gasteiger partial charge in [0.2, 0.25) is 0 Å². The van der Waals surface area contributed by atoms with Crippen LogP contribution in [-0.2, 0) is 9.47 Å². The van der Waals surface area contributed by atoms with Gasteiger partial charge in [-0.1, -0.05) is 0 Å². The van der Waals surface area contributed by atoms with Crippen molar-refractivity contribution in [2.24, 2.45) is 5.92 Å². The molecule has 0 aromatic heterocycles. The Balaban J connectivity index is 2.23. The van der Waals surface area contributed by atoms with Gasteiger partial charge in [-0.3, -0.25) is 0 Å². The summed E-state index contributed by atoms with van der Waals surface area (Å²) in [7, 11) is 0. The number of hydrogen-bond donors (Lipinski definition) is 8. The number of rotatable bonds is 4. The summed E-state index contributed by atoms with van der Waals surface area (Å²) in [5, 5.41) is 77.4. The van der Waals surface area contributed by atoms with E-state index in [0.29, 0.717) is 0 Å². The summed E-state index contributed by atoms with van der Waals surface area (Å²) < 4.78 is 48.6.